The van der Waals surface area contributed by atoms with Gasteiger partial charge in [-0.05, 0) is 0 Å². The van der Waals surface area contributed by atoms with Crippen molar-refractivity contribution in [1.29, 1.82) is 0 Å². The van der Waals surface area contributed by atoms with Gasteiger partial charge in [0.15, 0.2) is 0 Å². The SMILES string of the molecule is O.O=C(O)C=CC(=O)O.O=C(O)C=CC(=O)O.O=C(O)C=CC(=O)O. The molecule has 0 aromatic carbocycles. The van der Waals surface area contributed by atoms with Crippen LogP contribution in [0.4, 0.5) is 0 Å². The lowest BCUT2D eigenvalue weighted by Crippen LogP contribution is -1.91. The normalized spacial score (nSPS) is 9.12. The van der Waals surface area contributed by atoms with E-state index in [1.54, 1.807) is 0 Å². The third kappa shape index (κ3) is 53.6. The monoisotopic (exact) mass is 366 g/mol. The molecule has 8 N–H and O–H groups in total. The molecule has 0 fully saturated rings. The van der Waals surface area contributed by atoms with Crippen LogP contribution in [0.2, 0.25) is 0 Å². The molecule has 25 heavy (non-hydrogen) atoms. The maximum Gasteiger partial charge on any atom is 0.328 e. The van der Waals surface area contributed by atoms with E-state index >= 15 is 0 Å². The summed E-state index contributed by atoms with van der Waals surface area (Å²) in [7, 11) is 0. The van der Waals surface area contributed by atoms with Gasteiger partial charge < -0.3 is 36.1 Å². The van der Waals surface area contributed by atoms with Gasteiger partial charge in [-0.1, -0.05) is 0 Å². The van der Waals surface area contributed by atoms with Crippen LogP contribution >= 0.6 is 0 Å². The number of carboxylic acid groups (broad SMARTS) is 6. The Kier molecular flexibility index (Phi) is 21.0. The maximum absolute atomic E-state index is 9.55. The minimum absolute atomic E-state index is 0. The zero-order chi connectivity index (χ0) is 19.7. The third-order valence-corrected chi connectivity index (χ3v) is 1.11. The van der Waals surface area contributed by atoms with Crippen molar-refractivity contribution in [2.24, 2.45) is 0 Å². The van der Waals surface area contributed by atoms with E-state index in [-0.39, 0.29) is 5.48 Å². The van der Waals surface area contributed by atoms with Gasteiger partial charge in [0.1, 0.15) is 0 Å². The standard InChI is InChI=1S/3C4H4O4.H2O/c3*5-3(6)1-2-4(7)8;/h3*1-2H,(H,5,6)(H,7,8);1H2. The highest BCUT2D eigenvalue weighted by Gasteiger charge is 1.89. The first-order chi connectivity index (χ1) is 10.9. The molecule has 13 heteroatoms. The second kappa shape index (κ2) is 18.1. The van der Waals surface area contributed by atoms with Gasteiger partial charge in [0.2, 0.25) is 0 Å². The summed E-state index contributed by atoms with van der Waals surface area (Å²) in [5.74, 6) is -7.54. The average Bonchev–Trinajstić information content (AvgIpc) is 2.42. The van der Waals surface area contributed by atoms with Crippen molar-refractivity contribution in [1.82, 2.24) is 0 Å². The summed E-state index contributed by atoms with van der Waals surface area (Å²) in [6.07, 6.45) is 3.35. The van der Waals surface area contributed by atoms with Crippen molar-refractivity contribution in [2.75, 3.05) is 0 Å². The van der Waals surface area contributed by atoms with E-state index < -0.39 is 35.8 Å². The number of rotatable bonds is 6. The molecule has 0 rings (SSSR count). The Labute approximate surface area is 138 Å². The summed E-state index contributed by atoms with van der Waals surface area (Å²) in [4.78, 5) is 57.3. The van der Waals surface area contributed by atoms with Crippen LogP contribution in [0.25, 0.3) is 0 Å². The highest BCUT2D eigenvalue weighted by molar-refractivity contribution is 5.90. The molecule has 0 atom stereocenters. The van der Waals surface area contributed by atoms with Gasteiger partial charge in [-0.3, -0.25) is 0 Å². The molecule has 0 aliphatic carbocycles. The van der Waals surface area contributed by atoms with Gasteiger partial charge in [0.25, 0.3) is 0 Å². The number of aliphatic carboxylic acids is 6. The molecule has 140 valence electrons. The highest BCUT2D eigenvalue weighted by atomic mass is 16.4. The van der Waals surface area contributed by atoms with E-state index in [4.69, 9.17) is 30.6 Å². The van der Waals surface area contributed by atoms with Gasteiger partial charge in [0, 0.05) is 36.5 Å². The zero-order valence-corrected chi connectivity index (χ0v) is 12.1. The topological polar surface area (TPSA) is 255 Å². The van der Waals surface area contributed by atoms with Crippen LogP contribution < -0.4 is 0 Å². The quantitative estimate of drug-likeness (QED) is 0.288. The van der Waals surface area contributed by atoms with E-state index in [9.17, 15) is 28.8 Å². The van der Waals surface area contributed by atoms with Crippen LogP contribution in [0, 0.1) is 0 Å². The molecule has 0 heterocycles. The van der Waals surface area contributed by atoms with Crippen molar-refractivity contribution >= 4 is 35.8 Å². The van der Waals surface area contributed by atoms with Crippen molar-refractivity contribution in [3.8, 4) is 0 Å². The largest absolute Gasteiger partial charge is 0.478 e. The number of hydrogen-bond acceptors (Lipinski definition) is 6. The summed E-state index contributed by atoms with van der Waals surface area (Å²) >= 11 is 0. The van der Waals surface area contributed by atoms with Gasteiger partial charge in [-0.15, -0.1) is 0 Å². The molecule has 0 saturated carbocycles. The predicted molar refractivity (Wildman–Crippen MR) is 76.8 cm³/mol. The Morgan fingerprint density at radius 1 is 0.360 bits per heavy atom. The van der Waals surface area contributed by atoms with Crippen molar-refractivity contribution < 1.29 is 64.9 Å². The Balaban J connectivity index is -0.000000130. The first kappa shape index (κ1) is 29.1. The molecule has 0 bridgehead atoms. The van der Waals surface area contributed by atoms with Gasteiger partial charge >= 0.3 is 35.8 Å². The Morgan fingerprint density at radius 2 is 0.440 bits per heavy atom. The molecule has 0 unspecified atom stereocenters. The van der Waals surface area contributed by atoms with Gasteiger partial charge in [-0.25, -0.2) is 28.8 Å². The number of hydrogen-bond donors (Lipinski definition) is 6. The summed E-state index contributed by atoms with van der Waals surface area (Å²) in [6, 6.07) is 0. The predicted octanol–water partition coefficient (Wildman–Crippen LogP) is -1.69. The molecule has 0 aromatic heterocycles. The third-order valence-electron chi connectivity index (χ3n) is 1.11. The fourth-order valence-corrected chi connectivity index (χ4v) is 0.428. The zero-order valence-electron chi connectivity index (χ0n) is 12.1. The lowest BCUT2D eigenvalue weighted by atomic mass is 10.5. The van der Waals surface area contributed by atoms with Gasteiger partial charge in [0.05, 0.1) is 0 Å². The summed E-state index contributed by atoms with van der Waals surface area (Å²) in [5, 5.41) is 46.9. The van der Waals surface area contributed by atoms with E-state index in [0.717, 1.165) is 0 Å². The molecule has 0 radical (unpaired) electrons. The second-order valence-electron chi connectivity index (χ2n) is 3.03. The lowest BCUT2D eigenvalue weighted by molar-refractivity contribution is -0.134. The van der Waals surface area contributed by atoms with Crippen molar-refractivity contribution in [3.05, 3.63) is 36.5 Å². The molecule has 0 aliphatic rings. The molecule has 0 aromatic rings. The van der Waals surface area contributed by atoms with Crippen LogP contribution in [-0.4, -0.2) is 71.9 Å². The number of carbonyl (C=O) groups is 6. The number of carboxylic acids is 6. The van der Waals surface area contributed by atoms with Crippen LogP contribution in [0.5, 0.6) is 0 Å². The van der Waals surface area contributed by atoms with Crippen LogP contribution in [0.15, 0.2) is 36.5 Å². The highest BCUT2D eigenvalue weighted by Crippen LogP contribution is 1.71. The molecule has 13 nitrogen and oxygen atoms in total. The van der Waals surface area contributed by atoms with E-state index in [1.807, 2.05) is 0 Å². The average molecular weight is 366 g/mol. The Hall–Kier alpha value is -4.00. The fraction of sp³-hybridized carbons (Fsp3) is 0. The van der Waals surface area contributed by atoms with Crippen molar-refractivity contribution in [2.45, 2.75) is 0 Å². The first-order valence-corrected chi connectivity index (χ1v) is 5.30. The van der Waals surface area contributed by atoms with Crippen LogP contribution in [-0.2, 0) is 28.8 Å². The molecule has 0 aliphatic heterocycles. The minimum atomic E-state index is -1.26. The van der Waals surface area contributed by atoms with E-state index in [0.29, 0.717) is 36.5 Å². The summed E-state index contributed by atoms with van der Waals surface area (Å²) < 4.78 is 0. The smallest absolute Gasteiger partial charge is 0.328 e. The molecular weight excluding hydrogens is 352 g/mol. The lowest BCUT2D eigenvalue weighted by Gasteiger charge is -1.74. The Bertz CT molecular complexity index is 439. The second-order valence-corrected chi connectivity index (χ2v) is 3.03. The summed E-state index contributed by atoms with van der Waals surface area (Å²) in [6.45, 7) is 0. The van der Waals surface area contributed by atoms with Gasteiger partial charge in [-0.2, -0.15) is 0 Å². The molecule has 0 amide bonds. The molecular formula is C12H14O13. The van der Waals surface area contributed by atoms with E-state index in [2.05, 4.69) is 0 Å². The Morgan fingerprint density at radius 3 is 0.480 bits per heavy atom. The van der Waals surface area contributed by atoms with Crippen LogP contribution in [0.1, 0.15) is 0 Å². The maximum atomic E-state index is 9.55. The minimum Gasteiger partial charge on any atom is -0.478 e. The molecule has 0 spiro atoms. The fourth-order valence-electron chi connectivity index (χ4n) is 0.428. The molecule has 0 saturated heterocycles. The van der Waals surface area contributed by atoms with Crippen molar-refractivity contribution in [3.63, 3.8) is 0 Å². The van der Waals surface area contributed by atoms with E-state index in [1.165, 1.54) is 0 Å². The summed E-state index contributed by atoms with van der Waals surface area (Å²) in [5.41, 5.74) is 0. The first-order valence-electron chi connectivity index (χ1n) is 5.30. The van der Waals surface area contributed by atoms with Crippen LogP contribution in [0.3, 0.4) is 0 Å².